The number of carbonyl (C=O) groups is 1. The summed E-state index contributed by atoms with van der Waals surface area (Å²) in [5.74, 6) is -0.312. The van der Waals surface area contributed by atoms with Crippen molar-refractivity contribution in [3.05, 3.63) is 81.3 Å². The number of oxime groups is 1. The zero-order chi connectivity index (χ0) is 24.9. The van der Waals surface area contributed by atoms with Gasteiger partial charge >= 0.3 is 6.18 Å². The van der Waals surface area contributed by atoms with E-state index in [0.717, 1.165) is 11.8 Å². The molecular formula is C24H22F3N5O3. The molecule has 0 fully saturated rings. The number of carbonyl (C=O) groups excluding carboxylic acids is 1. The number of fused-ring (bicyclic) bond motifs is 1. The van der Waals surface area contributed by atoms with Gasteiger partial charge in [0.15, 0.2) is 6.10 Å². The van der Waals surface area contributed by atoms with Crippen molar-refractivity contribution in [2.75, 3.05) is 13.1 Å². The normalized spacial score (nSPS) is 17.9. The highest BCUT2D eigenvalue weighted by atomic mass is 19.4. The lowest BCUT2D eigenvalue weighted by atomic mass is 9.99. The number of hydrogen-bond donors (Lipinski definition) is 0. The molecule has 5 rings (SSSR count). The molecule has 1 amide bonds. The lowest BCUT2D eigenvalue weighted by Crippen LogP contribution is -2.47. The van der Waals surface area contributed by atoms with E-state index < -0.39 is 17.8 Å². The van der Waals surface area contributed by atoms with Crippen LogP contribution in [-0.4, -0.2) is 49.8 Å². The van der Waals surface area contributed by atoms with Crippen molar-refractivity contribution < 1.29 is 22.8 Å². The van der Waals surface area contributed by atoms with Crippen LogP contribution in [0.1, 0.15) is 39.3 Å². The van der Waals surface area contributed by atoms with Crippen LogP contribution in [0.25, 0.3) is 5.69 Å². The molecule has 1 atom stereocenters. The number of benzene rings is 1. The number of imidazole rings is 1. The molecule has 0 saturated carbocycles. The van der Waals surface area contributed by atoms with Gasteiger partial charge in [-0.15, -0.1) is 0 Å². The molecule has 182 valence electrons. The molecule has 0 bridgehead atoms. The van der Waals surface area contributed by atoms with Gasteiger partial charge in [-0.3, -0.25) is 9.59 Å². The number of amides is 1. The smallest absolute Gasteiger partial charge is 0.390 e. The summed E-state index contributed by atoms with van der Waals surface area (Å²) in [6.07, 6.45) is -1.38. The molecular weight excluding hydrogens is 463 g/mol. The van der Waals surface area contributed by atoms with Gasteiger partial charge in [0, 0.05) is 31.3 Å². The summed E-state index contributed by atoms with van der Waals surface area (Å²) in [6, 6.07) is 7.29. The first kappa shape index (κ1) is 22.9. The first-order valence-corrected chi connectivity index (χ1v) is 11.1. The third-order valence-electron chi connectivity index (χ3n) is 6.28. The molecule has 3 aromatic rings. The van der Waals surface area contributed by atoms with Crippen molar-refractivity contribution in [1.29, 1.82) is 0 Å². The highest BCUT2D eigenvalue weighted by Crippen LogP contribution is 2.33. The molecule has 0 saturated heterocycles. The van der Waals surface area contributed by atoms with Crippen molar-refractivity contribution in [3.8, 4) is 5.69 Å². The van der Waals surface area contributed by atoms with Gasteiger partial charge in [-0.25, -0.2) is 4.98 Å². The lowest BCUT2D eigenvalue weighted by Gasteiger charge is -2.30. The van der Waals surface area contributed by atoms with Crippen LogP contribution in [0, 0.1) is 13.8 Å². The Balaban J connectivity index is 1.29. The molecule has 8 nitrogen and oxygen atoms in total. The second kappa shape index (κ2) is 8.40. The van der Waals surface area contributed by atoms with E-state index in [4.69, 9.17) is 4.84 Å². The van der Waals surface area contributed by atoms with Gasteiger partial charge < -0.3 is 18.9 Å². The summed E-state index contributed by atoms with van der Waals surface area (Å²) in [7, 11) is 0. The maximum Gasteiger partial charge on any atom is 0.416 e. The number of halogens is 3. The molecule has 0 radical (unpaired) electrons. The molecule has 2 aromatic heterocycles. The largest absolute Gasteiger partial charge is 0.416 e. The van der Waals surface area contributed by atoms with E-state index >= 15 is 0 Å². The minimum Gasteiger partial charge on any atom is -0.390 e. The Morgan fingerprint density at radius 1 is 1.11 bits per heavy atom. The van der Waals surface area contributed by atoms with Gasteiger partial charge in [-0.05, 0) is 37.6 Å². The molecule has 2 aliphatic rings. The fraction of sp³-hybridized carbons (Fsp3) is 0.333. The number of pyridine rings is 1. The van der Waals surface area contributed by atoms with Crippen LogP contribution in [0.4, 0.5) is 13.2 Å². The van der Waals surface area contributed by atoms with E-state index in [1.54, 1.807) is 40.2 Å². The quantitative estimate of drug-likeness (QED) is 0.568. The molecule has 0 spiro atoms. The van der Waals surface area contributed by atoms with Crippen LogP contribution in [0.3, 0.4) is 0 Å². The van der Waals surface area contributed by atoms with Crippen LogP contribution in [0.5, 0.6) is 0 Å². The number of alkyl halides is 3. The van der Waals surface area contributed by atoms with Crippen molar-refractivity contribution in [3.63, 3.8) is 0 Å². The Bertz CT molecular complexity index is 1410. The fourth-order valence-corrected chi connectivity index (χ4v) is 4.43. The average molecular weight is 485 g/mol. The molecule has 2 aliphatic heterocycles. The van der Waals surface area contributed by atoms with Gasteiger partial charge in [-0.2, -0.15) is 13.2 Å². The maximum absolute atomic E-state index is 13.3. The van der Waals surface area contributed by atoms with Crippen molar-refractivity contribution >= 4 is 11.6 Å². The molecule has 35 heavy (non-hydrogen) atoms. The molecule has 1 unspecified atom stereocenters. The first-order chi connectivity index (χ1) is 16.6. The Hall–Kier alpha value is -3.89. The van der Waals surface area contributed by atoms with E-state index in [1.165, 1.54) is 17.6 Å². The Labute approximate surface area is 198 Å². The highest BCUT2D eigenvalue weighted by molar-refractivity contribution is 6.01. The highest BCUT2D eigenvalue weighted by Gasteiger charge is 2.34. The third kappa shape index (κ3) is 4.22. The second-order valence-electron chi connectivity index (χ2n) is 8.73. The van der Waals surface area contributed by atoms with Crippen molar-refractivity contribution in [2.24, 2.45) is 5.16 Å². The average Bonchev–Trinajstić information content (AvgIpc) is 3.45. The van der Waals surface area contributed by atoms with E-state index in [0.29, 0.717) is 30.1 Å². The summed E-state index contributed by atoms with van der Waals surface area (Å²) in [4.78, 5) is 37.2. The summed E-state index contributed by atoms with van der Waals surface area (Å²) in [6.45, 7) is 4.06. The Morgan fingerprint density at radius 2 is 1.91 bits per heavy atom. The Morgan fingerprint density at radius 3 is 2.63 bits per heavy atom. The number of nitrogens with zero attached hydrogens (tertiary/aromatic N) is 5. The van der Waals surface area contributed by atoms with Crippen LogP contribution < -0.4 is 5.56 Å². The van der Waals surface area contributed by atoms with E-state index in [-0.39, 0.29) is 35.7 Å². The van der Waals surface area contributed by atoms with Crippen LogP contribution >= 0.6 is 0 Å². The third-order valence-corrected chi connectivity index (χ3v) is 6.28. The number of aryl methyl sites for hydroxylation is 2. The summed E-state index contributed by atoms with van der Waals surface area (Å²) >= 11 is 0. The van der Waals surface area contributed by atoms with E-state index in [2.05, 4.69) is 10.1 Å². The van der Waals surface area contributed by atoms with Gasteiger partial charge in [-0.1, -0.05) is 17.3 Å². The predicted molar refractivity (Wildman–Crippen MR) is 121 cm³/mol. The summed E-state index contributed by atoms with van der Waals surface area (Å²) in [5.41, 5.74) is 1.34. The standard InChI is InChI=1S/C24H22F3N5O3/c1-14-3-4-16(9-18(14)24(25,26)27)19-10-17(35-29-19)12-30-7-8-32-21(22(30)33)6-5-20(23(32)34)31-11-15(2)28-13-31/h3-6,9,11,13,17H,7-8,10,12H2,1-2H3. The molecule has 4 heterocycles. The minimum atomic E-state index is -4.46. The maximum atomic E-state index is 13.3. The number of rotatable bonds is 4. The number of aromatic nitrogens is 3. The SMILES string of the molecule is Cc1cn(-c2ccc3n(c2=O)CCN(CC2CC(c4ccc(C)c(C(F)(F)F)c4)=NO2)C3=O)cn1. The summed E-state index contributed by atoms with van der Waals surface area (Å²) < 4.78 is 42.9. The van der Waals surface area contributed by atoms with E-state index in [9.17, 15) is 22.8 Å². The first-order valence-electron chi connectivity index (χ1n) is 11.1. The van der Waals surface area contributed by atoms with Crippen molar-refractivity contribution in [2.45, 2.75) is 39.1 Å². The van der Waals surface area contributed by atoms with Gasteiger partial charge in [0.25, 0.3) is 11.5 Å². The fourth-order valence-electron chi connectivity index (χ4n) is 4.43. The molecule has 0 aliphatic carbocycles. The number of hydrogen-bond acceptors (Lipinski definition) is 5. The second-order valence-corrected chi connectivity index (χ2v) is 8.73. The minimum absolute atomic E-state index is 0.136. The zero-order valence-corrected chi connectivity index (χ0v) is 19.0. The predicted octanol–water partition coefficient (Wildman–Crippen LogP) is 3.32. The van der Waals surface area contributed by atoms with Crippen molar-refractivity contribution in [1.82, 2.24) is 19.0 Å². The zero-order valence-electron chi connectivity index (χ0n) is 19.0. The van der Waals surface area contributed by atoms with Crippen LogP contribution in [0.15, 0.2) is 52.8 Å². The Kier molecular flexibility index (Phi) is 5.49. The molecule has 0 N–H and O–H groups in total. The van der Waals surface area contributed by atoms with Gasteiger partial charge in [0.1, 0.15) is 11.4 Å². The lowest BCUT2D eigenvalue weighted by molar-refractivity contribution is -0.138. The molecule has 1 aromatic carbocycles. The topological polar surface area (TPSA) is 81.7 Å². The monoisotopic (exact) mass is 485 g/mol. The summed E-state index contributed by atoms with van der Waals surface area (Å²) in [5, 5.41) is 3.98. The van der Waals surface area contributed by atoms with Gasteiger partial charge in [0.2, 0.25) is 0 Å². The van der Waals surface area contributed by atoms with E-state index in [1.807, 2.05) is 6.92 Å². The van der Waals surface area contributed by atoms with Crippen LogP contribution in [0.2, 0.25) is 0 Å². The van der Waals surface area contributed by atoms with Crippen LogP contribution in [-0.2, 0) is 17.6 Å². The van der Waals surface area contributed by atoms with Gasteiger partial charge in [0.05, 0.1) is 29.8 Å². The molecule has 11 heteroatoms.